The van der Waals surface area contributed by atoms with Crippen molar-refractivity contribution in [2.75, 3.05) is 5.32 Å². The van der Waals surface area contributed by atoms with E-state index in [1.165, 1.54) is 15.7 Å². The number of anilines is 1. The summed E-state index contributed by atoms with van der Waals surface area (Å²) in [5.74, 6) is 0.245. The fourth-order valence-corrected chi connectivity index (χ4v) is 2.03. The number of hydrogen-bond donors (Lipinski definition) is 1. The van der Waals surface area contributed by atoms with E-state index in [1.807, 2.05) is 6.92 Å². The Balaban J connectivity index is 2.50. The van der Waals surface area contributed by atoms with Crippen molar-refractivity contribution in [2.45, 2.75) is 13.0 Å². The van der Waals surface area contributed by atoms with Crippen LogP contribution < -0.4 is 5.32 Å². The van der Waals surface area contributed by atoms with Crippen LogP contribution in [0.2, 0.25) is 0 Å². The summed E-state index contributed by atoms with van der Waals surface area (Å²) in [7, 11) is 0. The van der Waals surface area contributed by atoms with Gasteiger partial charge in [-0.1, -0.05) is 17.4 Å². The zero-order valence-electron chi connectivity index (χ0n) is 8.58. The molecule has 0 aliphatic carbocycles. The molecule has 0 radical (unpaired) electrons. The van der Waals surface area contributed by atoms with Gasteiger partial charge < -0.3 is 15.4 Å². The molecule has 16 heavy (non-hydrogen) atoms. The Morgan fingerprint density at radius 3 is 3.19 bits per heavy atom. The van der Waals surface area contributed by atoms with Crippen molar-refractivity contribution >= 4 is 27.9 Å². The van der Waals surface area contributed by atoms with Gasteiger partial charge in [-0.2, -0.15) is 9.38 Å². The van der Waals surface area contributed by atoms with Crippen molar-refractivity contribution in [3.8, 4) is 0 Å². The quantitative estimate of drug-likeness (QED) is 0.504. The third kappa shape index (κ3) is 1.65. The molecule has 1 N–H and O–H groups in total. The second kappa shape index (κ2) is 3.93. The van der Waals surface area contributed by atoms with Gasteiger partial charge in [0.1, 0.15) is 6.20 Å². The number of thiazole rings is 1. The van der Waals surface area contributed by atoms with Crippen molar-refractivity contribution in [2.24, 2.45) is 0 Å². The lowest BCUT2D eigenvalue weighted by atomic mass is 10.3. The van der Waals surface area contributed by atoms with Gasteiger partial charge in [-0.05, 0) is 11.8 Å². The van der Waals surface area contributed by atoms with Crippen LogP contribution in [0.4, 0.5) is 11.6 Å². The van der Waals surface area contributed by atoms with E-state index in [4.69, 9.17) is 0 Å². The highest BCUT2D eigenvalue weighted by Crippen LogP contribution is 2.28. The number of imidazole rings is 1. The second-order valence-electron chi connectivity index (χ2n) is 3.27. The molecule has 2 aromatic rings. The molecule has 0 aliphatic heterocycles. The zero-order valence-corrected chi connectivity index (χ0v) is 9.40. The van der Waals surface area contributed by atoms with Crippen LogP contribution in [0.25, 0.3) is 4.96 Å². The van der Waals surface area contributed by atoms with Crippen molar-refractivity contribution in [1.29, 1.82) is 0 Å². The first kappa shape index (κ1) is 10.6. The minimum Gasteiger partial charge on any atom is -0.358 e. The number of nitro groups is 1. The lowest BCUT2D eigenvalue weighted by Crippen LogP contribution is -2.12. The molecular formula is C9H10N4O2S. The topological polar surface area (TPSA) is 72.5 Å². The molecule has 0 spiro atoms. The van der Waals surface area contributed by atoms with E-state index in [0.717, 1.165) is 0 Å². The Hall–Kier alpha value is -1.89. The number of rotatable bonds is 4. The standard InChI is InChI=1S/C9H10N4O2S/c1-3-6(2)10-7-8(13(14)15)12-4-5-16-9(12)11-7/h3-6,10H,1H2,2H3. The van der Waals surface area contributed by atoms with Gasteiger partial charge in [-0.3, -0.25) is 0 Å². The molecule has 0 saturated heterocycles. The third-order valence-corrected chi connectivity index (χ3v) is 2.88. The van der Waals surface area contributed by atoms with Crippen molar-refractivity contribution in [3.63, 3.8) is 0 Å². The van der Waals surface area contributed by atoms with Crippen molar-refractivity contribution in [1.82, 2.24) is 9.38 Å². The molecule has 0 amide bonds. The predicted molar refractivity (Wildman–Crippen MR) is 63.0 cm³/mol. The molecule has 0 bridgehead atoms. The zero-order chi connectivity index (χ0) is 11.7. The fourth-order valence-electron chi connectivity index (χ4n) is 1.32. The minimum atomic E-state index is -0.440. The number of fused-ring (bicyclic) bond motifs is 1. The van der Waals surface area contributed by atoms with Crippen LogP contribution >= 0.6 is 11.3 Å². The molecule has 2 aromatic heterocycles. The highest BCUT2D eigenvalue weighted by atomic mass is 32.1. The van der Waals surface area contributed by atoms with Gasteiger partial charge in [-0.15, -0.1) is 6.58 Å². The Labute approximate surface area is 95.4 Å². The van der Waals surface area contributed by atoms with Crippen LogP contribution in [-0.4, -0.2) is 20.3 Å². The Morgan fingerprint density at radius 1 is 1.81 bits per heavy atom. The molecule has 2 rings (SSSR count). The molecule has 2 heterocycles. The minimum absolute atomic E-state index is 0.0371. The van der Waals surface area contributed by atoms with Crippen LogP contribution in [-0.2, 0) is 0 Å². The first-order chi connectivity index (χ1) is 7.63. The molecule has 6 nitrogen and oxygen atoms in total. The normalized spacial score (nSPS) is 12.6. The van der Waals surface area contributed by atoms with Crippen LogP contribution in [0.1, 0.15) is 6.92 Å². The van der Waals surface area contributed by atoms with E-state index in [2.05, 4.69) is 16.9 Å². The molecule has 0 aromatic carbocycles. The molecule has 84 valence electrons. The summed E-state index contributed by atoms with van der Waals surface area (Å²) in [5, 5.41) is 15.6. The van der Waals surface area contributed by atoms with Crippen LogP contribution in [0.5, 0.6) is 0 Å². The van der Waals surface area contributed by atoms with Gasteiger partial charge in [0.25, 0.3) is 4.96 Å². The molecule has 1 atom stereocenters. The summed E-state index contributed by atoms with van der Waals surface area (Å²) in [6, 6.07) is -0.0664. The molecule has 0 saturated carbocycles. The molecule has 1 unspecified atom stereocenters. The largest absolute Gasteiger partial charge is 0.372 e. The highest BCUT2D eigenvalue weighted by Gasteiger charge is 2.23. The average molecular weight is 238 g/mol. The fraction of sp³-hybridized carbons (Fsp3) is 0.222. The van der Waals surface area contributed by atoms with E-state index >= 15 is 0 Å². The van der Waals surface area contributed by atoms with Crippen LogP contribution in [0.3, 0.4) is 0 Å². The summed E-state index contributed by atoms with van der Waals surface area (Å²) in [6.07, 6.45) is 3.30. The van der Waals surface area contributed by atoms with Gasteiger partial charge in [0.05, 0.1) is 0 Å². The van der Waals surface area contributed by atoms with Crippen LogP contribution in [0.15, 0.2) is 24.2 Å². The number of nitrogens with one attached hydrogen (secondary N) is 1. The van der Waals surface area contributed by atoms with E-state index < -0.39 is 4.92 Å². The van der Waals surface area contributed by atoms with Gasteiger partial charge in [0, 0.05) is 11.4 Å². The first-order valence-corrected chi connectivity index (χ1v) is 5.50. The van der Waals surface area contributed by atoms with Gasteiger partial charge in [0.15, 0.2) is 0 Å². The van der Waals surface area contributed by atoms with Crippen LogP contribution in [0, 0.1) is 10.1 Å². The maximum atomic E-state index is 10.9. The summed E-state index contributed by atoms with van der Waals surface area (Å²) in [6.45, 7) is 5.46. The highest BCUT2D eigenvalue weighted by molar-refractivity contribution is 7.15. The number of nitrogens with zero attached hydrogens (tertiary/aromatic N) is 3. The maximum Gasteiger partial charge on any atom is 0.372 e. The second-order valence-corrected chi connectivity index (χ2v) is 4.14. The number of aromatic nitrogens is 2. The maximum absolute atomic E-state index is 10.9. The van der Waals surface area contributed by atoms with Crippen molar-refractivity contribution in [3.05, 3.63) is 34.3 Å². The lowest BCUT2D eigenvalue weighted by molar-refractivity contribution is -0.389. The Morgan fingerprint density at radius 2 is 2.56 bits per heavy atom. The number of hydrogen-bond acceptors (Lipinski definition) is 5. The van der Waals surface area contributed by atoms with Crippen molar-refractivity contribution < 1.29 is 4.92 Å². The molecule has 0 aliphatic rings. The van der Waals surface area contributed by atoms with E-state index in [9.17, 15) is 10.1 Å². The monoisotopic (exact) mass is 238 g/mol. The van der Waals surface area contributed by atoms with E-state index in [-0.39, 0.29) is 17.7 Å². The third-order valence-electron chi connectivity index (χ3n) is 2.13. The molecule has 0 fully saturated rings. The Kier molecular flexibility index (Phi) is 2.61. The van der Waals surface area contributed by atoms with E-state index in [0.29, 0.717) is 4.96 Å². The van der Waals surface area contributed by atoms with Gasteiger partial charge in [-0.25, -0.2) is 0 Å². The average Bonchev–Trinajstić information content (AvgIpc) is 2.76. The van der Waals surface area contributed by atoms with E-state index in [1.54, 1.807) is 17.7 Å². The smallest absolute Gasteiger partial charge is 0.358 e. The van der Waals surface area contributed by atoms with Gasteiger partial charge >= 0.3 is 5.82 Å². The Bertz CT molecular complexity index is 545. The first-order valence-electron chi connectivity index (χ1n) is 4.62. The molecular weight excluding hydrogens is 228 g/mol. The summed E-state index contributed by atoms with van der Waals surface area (Å²) in [4.78, 5) is 15.3. The lowest BCUT2D eigenvalue weighted by Gasteiger charge is -2.06. The summed E-state index contributed by atoms with van der Waals surface area (Å²) in [5.41, 5.74) is 0. The SMILES string of the molecule is C=CC(C)Nc1nc2sccn2c1[N+](=O)[O-]. The molecule has 7 heteroatoms. The summed E-state index contributed by atoms with van der Waals surface area (Å²) >= 11 is 1.36. The van der Waals surface area contributed by atoms with Gasteiger partial charge in [0.2, 0.25) is 5.82 Å². The predicted octanol–water partition coefficient (Wildman–Crippen LogP) is 2.29. The summed E-state index contributed by atoms with van der Waals surface area (Å²) < 4.78 is 1.46.